The fraction of sp³-hybridized carbons (Fsp3) is 0.333. The second-order valence-electron chi connectivity index (χ2n) is 3.83. The van der Waals surface area contributed by atoms with E-state index in [1.807, 2.05) is 32.3 Å². The standard InChI is InChI=1S/C12H15N3OS/c1-3-13-12-14-7-10(17-12)8-15-5-4-9(2)6-11(15)16/h4-7H,3,8H2,1-2H3,(H,13,14). The average molecular weight is 249 g/mol. The molecule has 0 spiro atoms. The van der Waals surface area contributed by atoms with Gasteiger partial charge in [-0.1, -0.05) is 0 Å². The van der Waals surface area contributed by atoms with Crippen LogP contribution in [-0.2, 0) is 6.54 Å². The Morgan fingerprint density at radius 2 is 2.35 bits per heavy atom. The zero-order valence-electron chi connectivity index (χ0n) is 9.93. The normalized spacial score (nSPS) is 10.5. The van der Waals surface area contributed by atoms with Crippen molar-refractivity contribution >= 4 is 16.5 Å². The van der Waals surface area contributed by atoms with E-state index in [4.69, 9.17) is 0 Å². The number of aromatic nitrogens is 2. The largest absolute Gasteiger partial charge is 0.362 e. The molecule has 0 aliphatic heterocycles. The third-order valence-electron chi connectivity index (χ3n) is 2.36. The van der Waals surface area contributed by atoms with E-state index in [2.05, 4.69) is 10.3 Å². The SMILES string of the molecule is CCNc1ncc(Cn2ccc(C)cc2=O)s1. The summed E-state index contributed by atoms with van der Waals surface area (Å²) in [5.74, 6) is 0. The number of nitrogens with one attached hydrogen (secondary N) is 1. The van der Waals surface area contributed by atoms with E-state index in [0.29, 0.717) is 6.54 Å². The van der Waals surface area contributed by atoms with Gasteiger partial charge in [0.1, 0.15) is 0 Å². The van der Waals surface area contributed by atoms with E-state index in [1.54, 1.807) is 22.0 Å². The molecule has 0 atom stereocenters. The summed E-state index contributed by atoms with van der Waals surface area (Å²) in [6.45, 7) is 5.40. The minimum atomic E-state index is 0.0309. The van der Waals surface area contributed by atoms with Gasteiger partial charge in [-0.2, -0.15) is 0 Å². The van der Waals surface area contributed by atoms with Crippen LogP contribution in [-0.4, -0.2) is 16.1 Å². The Kier molecular flexibility index (Phi) is 3.58. The van der Waals surface area contributed by atoms with E-state index in [1.165, 1.54) is 0 Å². The van der Waals surface area contributed by atoms with Crippen LogP contribution in [0.2, 0.25) is 0 Å². The van der Waals surface area contributed by atoms with E-state index in [9.17, 15) is 4.79 Å². The Labute approximate surface area is 104 Å². The third-order valence-corrected chi connectivity index (χ3v) is 3.30. The van der Waals surface area contributed by atoms with Gasteiger partial charge in [0.15, 0.2) is 5.13 Å². The maximum atomic E-state index is 11.7. The molecule has 0 aliphatic rings. The van der Waals surface area contributed by atoms with Crippen LogP contribution in [0, 0.1) is 6.92 Å². The summed E-state index contributed by atoms with van der Waals surface area (Å²) >= 11 is 1.58. The van der Waals surface area contributed by atoms with Crippen LogP contribution < -0.4 is 10.9 Å². The highest BCUT2D eigenvalue weighted by Crippen LogP contribution is 2.18. The van der Waals surface area contributed by atoms with Gasteiger partial charge >= 0.3 is 0 Å². The topological polar surface area (TPSA) is 46.9 Å². The molecule has 0 saturated carbocycles. The summed E-state index contributed by atoms with van der Waals surface area (Å²) in [4.78, 5) is 17.0. The summed E-state index contributed by atoms with van der Waals surface area (Å²) in [7, 11) is 0. The van der Waals surface area contributed by atoms with Gasteiger partial charge in [-0.15, -0.1) is 11.3 Å². The van der Waals surface area contributed by atoms with Crippen molar-refractivity contribution in [1.29, 1.82) is 0 Å². The Bertz CT molecular complexity index is 559. The predicted octanol–water partition coefficient (Wildman–Crippen LogP) is 2.09. The average Bonchev–Trinajstić information content (AvgIpc) is 2.71. The summed E-state index contributed by atoms with van der Waals surface area (Å²) in [5.41, 5.74) is 1.02. The smallest absolute Gasteiger partial charge is 0.251 e. The first-order chi connectivity index (χ1) is 8.19. The van der Waals surface area contributed by atoms with E-state index < -0.39 is 0 Å². The van der Waals surface area contributed by atoms with Gasteiger partial charge in [-0.05, 0) is 25.5 Å². The molecule has 2 rings (SSSR count). The molecule has 0 amide bonds. The van der Waals surface area contributed by atoms with Crippen LogP contribution in [0.4, 0.5) is 5.13 Å². The van der Waals surface area contributed by atoms with Crippen molar-refractivity contribution in [3.05, 3.63) is 45.3 Å². The van der Waals surface area contributed by atoms with Crippen molar-refractivity contribution in [3.63, 3.8) is 0 Å². The fourth-order valence-corrected chi connectivity index (χ4v) is 2.40. The minimum absolute atomic E-state index is 0.0309. The lowest BCUT2D eigenvalue weighted by atomic mass is 10.3. The van der Waals surface area contributed by atoms with Crippen LogP contribution in [0.3, 0.4) is 0 Å². The number of nitrogens with zero attached hydrogens (tertiary/aromatic N) is 2. The molecule has 0 radical (unpaired) electrons. The van der Waals surface area contributed by atoms with Gasteiger partial charge in [-0.25, -0.2) is 4.98 Å². The number of rotatable bonds is 4. The molecule has 4 nitrogen and oxygen atoms in total. The molecule has 0 unspecified atom stereocenters. The summed E-state index contributed by atoms with van der Waals surface area (Å²) in [6, 6.07) is 3.58. The molecule has 5 heteroatoms. The van der Waals surface area contributed by atoms with Gasteiger partial charge in [0.2, 0.25) is 0 Å². The van der Waals surface area contributed by atoms with Crippen LogP contribution in [0.15, 0.2) is 29.3 Å². The van der Waals surface area contributed by atoms with Crippen molar-refractivity contribution in [2.24, 2.45) is 0 Å². The number of hydrogen-bond donors (Lipinski definition) is 1. The van der Waals surface area contributed by atoms with Crippen molar-refractivity contribution in [3.8, 4) is 0 Å². The van der Waals surface area contributed by atoms with Crippen LogP contribution >= 0.6 is 11.3 Å². The highest BCUT2D eigenvalue weighted by molar-refractivity contribution is 7.15. The molecular formula is C12H15N3OS. The molecule has 0 aromatic carbocycles. The Morgan fingerprint density at radius 1 is 1.53 bits per heavy atom. The Balaban J connectivity index is 2.16. The lowest BCUT2D eigenvalue weighted by Crippen LogP contribution is -2.18. The minimum Gasteiger partial charge on any atom is -0.362 e. The van der Waals surface area contributed by atoms with E-state index in [0.717, 1.165) is 22.1 Å². The maximum Gasteiger partial charge on any atom is 0.251 e. The zero-order chi connectivity index (χ0) is 12.3. The van der Waals surface area contributed by atoms with Gasteiger partial charge < -0.3 is 9.88 Å². The zero-order valence-corrected chi connectivity index (χ0v) is 10.8. The summed E-state index contributed by atoms with van der Waals surface area (Å²) < 4.78 is 1.69. The molecule has 2 aromatic rings. The maximum absolute atomic E-state index is 11.7. The fourth-order valence-electron chi connectivity index (χ4n) is 1.52. The van der Waals surface area contributed by atoms with E-state index in [-0.39, 0.29) is 5.56 Å². The first-order valence-corrected chi connectivity index (χ1v) is 6.36. The lowest BCUT2D eigenvalue weighted by molar-refractivity contribution is 0.766. The number of aryl methyl sites for hydroxylation is 1. The van der Waals surface area contributed by atoms with Crippen molar-refractivity contribution < 1.29 is 0 Å². The number of thiazole rings is 1. The lowest BCUT2D eigenvalue weighted by Gasteiger charge is -2.02. The second kappa shape index (κ2) is 5.14. The van der Waals surface area contributed by atoms with Crippen LogP contribution in [0.1, 0.15) is 17.4 Å². The Hall–Kier alpha value is -1.62. The van der Waals surface area contributed by atoms with Crippen molar-refractivity contribution in [1.82, 2.24) is 9.55 Å². The van der Waals surface area contributed by atoms with E-state index >= 15 is 0 Å². The summed E-state index contributed by atoms with van der Waals surface area (Å²) in [6.07, 6.45) is 3.64. The molecule has 0 fully saturated rings. The molecule has 90 valence electrons. The Morgan fingerprint density at radius 3 is 3.06 bits per heavy atom. The molecule has 17 heavy (non-hydrogen) atoms. The molecule has 0 saturated heterocycles. The first kappa shape index (κ1) is 11.9. The number of anilines is 1. The first-order valence-electron chi connectivity index (χ1n) is 5.54. The molecule has 2 aromatic heterocycles. The molecular weight excluding hydrogens is 234 g/mol. The molecule has 0 aliphatic carbocycles. The van der Waals surface area contributed by atoms with Crippen LogP contribution in [0.25, 0.3) is 0 Å². The second-order valence-corrected chi connectivity index (χ2v) is 4.95. The summed E-state index contributed by atoms with van der Waals surface area (Å²) in [5, 5.41) is 4.06. The van der Waals surface area contributed by atoms with Gasteiger partial charge in [0, 0.05) is 29.9 Å². The van der Waals surface area contributed by atoms with Gasteiger partial charge in [0.05, 0.1) is 6.54 Å². The van der Waals surface area contributed by atoms with Gasteiger partial charge in [-0.3, -0.25) is 4.79 Å². The van der Waals surface area contributed by atoms with Crippen LogP contribution in [0.5, 0.6) is 0 Å². The molecule has 2 heterocycles. The third kappa shape index (κ3) is 2.94. The quantitative estimate of drug-likeness (QED) is 0.902. The predicted molar refractivity (Wildman–Crippen MR) is 70.8 cm³/mol. The van der Waals surface area contributed by atoms with Gasteiger partial charge in [0.25, 0.3) is 5.56 Å². The number of pyridine rings is 1. The molecule has 0 bridgehead atoms. The van der Waals surface area contributed by atoms with Crippen molar-refractivity contribution in [2.75, 3.05) is 11.9 Å². The number of hydrogen-bond acceptors (Lipinski definition) is 4. The molecule has 1 N–H and O–H groups in total. The highest BCUT2D eigenvalue weighted by atomic mass is 32.1. The monoisotopic (exact) mass is 249 g/mol. The van der Waals surface area contributed by atoms with Crippen molar-refractivity contribution in [2.45, 2.75) is 20.4 Å². The highest BCUT2D eigenvalue weighted by Gasteiger charge is 2.03.